The molecule has 0 radical (unpaired) electrons. The normalized spacial score (nSPS) is 19.3. The summed E-state index contributed by atoms with van der Waals surface area (Å²) in [6.45, 7) is -1.74. The fourth-order valence-corrected chi connectivity index (χ4v) is 15.0. The van der Waals surface area contributed by atoms with Gasteiger partial charge in [-0.15, -0.1) is 0 Å². The van der Waals surface area contributed by atoms with Crippen LogP contribution in [0.4, 0.5) is 65.9 Å². The van der Waals surface area contributed by atoms with Crippen LogP contribution < -0.4 is 0 Å². The Morgan fingerprint density at radius 1 is 0.543 bits per heavy atom. The number of rotatable bonds is 15. The Labute approximate surface area is 196 Å². The monoisotopic (exact) mass is 662 g/mol. The van der Waals surface area contributed by atoms with E-state index >= 15 is 26.3 Å². The van der Waals surface area contributed by atoms with Crippen molar-refractivity contribution in [3.8, 4) is 0 Å². The molecule has 3 atom stereocenters. The van der Waals surface area contributed by atoms with Crippen LogP contribution in [0, 0.1) is 0 Å². The zero-order valence-electron chi connectivity index (χ0n) is 18.8. The predicted octanol–water partition coefficient (Wildman–Crippen LogP) is 8.03. The zero-order valence-corrected chi connectivity index (χ0v) is 21.7. The van der Waals surface area contributed by atoms with Gasteiger partial charge >= 0.3 is 196 Å². The van der Waals surface area contributed by atoms with Crippen LogP contribution in [-0.4, -0.2) is 73.5 Å². The number of alkyl halides is 15. The van der Waals surface area contributed by atoms with Gasteiger partial charge in [0.15, 0.2) is 0 Å². The Morgan fingerprint density at radius 2 is 0.829 bits per heavy atom. The van der Waals surface area contributed by atoms with E-state index in [0.29, 0.717) is 6.42 Å². The fraction of sp³-hybridized carbons (Fsp3) is 1.00. The molecule has 0 N–H and O–H groups in total. The third kappa shape index (κ3) is 5.33. The van der Waals surface area contributed by atoms with E-state index in [1.807, 2.05) is 0 Å². The van der Waals surface area contributed by atoms with Crippen LogP contribution in [0.25, 0.3) is 0 Å². The third-order valence-electron chi connectivity index (χ3n) is 5.40. The summed E-state index contributed by atoms with van der Waals surface area (Å²) in [6, 6.07) is 0. The van der Waals surface area contributed by atoms with E-state index in [2.05, 4.69) is 3.07 Å². The molecule has 0 aliphatic carbocycles. The molecule has 17 heteroatoms. The topological polar surface area (TPSA) is 9.23 Å². The third-order valence-corrected chi connectivity index (χ3v) is 17.6. The van der Waals surface area contributed by atoms with Crippen molar-refractivity contribution in [3.63, 3.8) is 0 Å². The van der Waals surface area contributed by atoms with Gasteiger partial charge in [0.25, 0.3) is 0 Å². The second kappa shape index (κ2) is 11.2. The van der Waals surface area contributed by atoms with Crippen molar-refractivity contribution in [3.05, 3.63) is 0 Å². The fourth-order valence-electron chi connectivity index (χ4n) is 3.07. The average molecular weight is 661 g/mol. The summed E-state index contributed by atoms with van der Waals surface area (Å²) in [7, 11) is 0. The molecule has 0 spiro atoms. The maximum atomic E-state index is 15.0. The molecule has 0 aromatic carbocycles. The van der Waals surface area contributed by atoms with Gasteiger partial charge in [-0.25, -0.2) is 0 Å². The van der Waals surface area contributed by atoms with Gasteiger partial charge in [-0.05, 0) is 0 Å². The first kappa shape index (κ1) is 34.7. The first-order valence-corrected chi connectivity index (χ1v) is 15.7. The minimum absolute atomic E-state index is 0.127. The van der Waals surface area contributed by atoms with Crippen molar-refractivity contribution in [2.75, 3.05) is 6.61 Å². The van der Waals surface area contributed by atoms with Crippen LogP contribution in [0.1, 0.15) is 53.4 Å². The summed E-state index contributed by atoms with van der Waals surface area (Å²) in [4.78, 5) is 0. The van der Waals surface area contributed by atoms with Crippen molar-refractivity contribution in [1.82, 2.24) is 0 Å². The summed E-state index contributed by atoms with van der Waals surface area (Å²) >= 11 is -10.8. The Morgan fingerprint density at radius 3 is 1.06 bits per heavy atom. The number of hydrogen-bond acceptors (Lipinski definition) is 1. The van der Waals surface area contributed by atoms with Crippen molar-refractivity contribution < 1.29 is 68.9 Å². The number of hydrogen-bond donors (Lipinski definition) is 0. The van der Waals surface area contributed by atoms with Crippen molar-refractivity contribution in [1.29, 1.82) is 0 Å². The molecule has 0 fully saturated rings. The van der Waals surface area contributed by atoms with Gasteiger partial charge in [0.05, 0.1) is 0 Å². The molecule has 0 saturated heterocycles. The molecule has 0 aliphatic rings. The SMILES string of the molecule is CCCCCC[O][Sn]([C](F)(F)C(F)(F)C(C)F)([C](F)(F)C(F)(F)C(C)F)[C](F)(F)C(F)(F)C(C)F. The molecule has 0 rings (SSSR count). The molecule has 3 unspecified atom stereocenters. The molecule has 212 valence electrons. The van der Waals surface area contributed by atoms with Crippen LogP contribution in [0.15, 0.2) is 0 Å². The summed E-state index contributed by atoms with van der Waals surface area (Å²) in [5.41, 5.74) is 0. The van der Waals surface area contributed by atoms with E-state index in [-0.39, 0.29) is 12.8 Å². The minimum atomic E-state index is -10.8. The molecular weight excluding hydrogens is 636 g/mol. The zero-order chi connectivity index (χ0) is 28.5. The summed E-state index contributed by atoms with van der Waals surface area (Å²) in [5, 5.41) is 0. The van der Waals surface area contributed by atoms with Crippen LogP contribution in [0.5, 0.6) is 0 Å². The van der Waals surface area contributed by atoms with Crippen molar-refractivity contribution in [2.24, 2.45) is 0 Å². The molecule has 0 heterocycles. The molecule has 35 heavy (non-hydrogen) atoms. The number of unbranched alkanes of at least 4 members (excludes halogenated alkanes) is 3. The first-order chi connectivity index (χ1) is 15.4. The predicted molar refractivity (Wildman–Crippen MR) is 97.2 cm³/mol. The van der Waals surface area contributed by atoms with Crippen molar-refractivity contribution >= 4 is 18.8 Å². The Kier molecular flexibility index (Phi) is 11.1. The Bertz CT molecular complexity index is 600. The molecule has 0 aromatic rings. The van der Waals surface area contributed by atoms with Gasteiger partial charge in [-0.2, -0.15) is 0 Å². The quantitative estimate of drug-likeness (QED) is 0.0982. The van der Waals surface area contributed by atoms with Gasteiger partial charge < -0.3 is 0 Å². The van der Waals surface area contributed by atoms with Crippen LogP contribution in [0.3, 0.4) is 0 Å². The molecule has 0 amide bonds. The maximum absolute atomic E-state index is 15.0. The second-order valence-electron chi connectivity index (χ2n) is 8.03. The molecule has 0 aliphatic heterocycles. The number of halogens is 15. The molecular formula is C18H25F15OSn. The molecule has 0 bridgehead atoms. The first-order valence-electron chi connectivity index (χ1n) is 10.2. The van der Waals surface area contributed by atoms with E-state index < -0.39 is 101 Å². The van der Waals surface area contributed by atoms with E-state index in [1.54, 1.807) is 0 Å². The standard InChI is InChI=1S/C6H13O.3C4H4F5.Sn/c1-2-3-4-5-6-7;3*1-2(5)4(8,9)3(6)7;/h2-6H2,1H3;3*2H,1H3;/q-1;;;;+1. The summed E-state index contributed by atoms with van der Waals surface area (Å²) in [6.07, 6.45) is -13.6. The van der Waals surface area contributed by atoms with Crippen LogP contribution in [-0.2, 0) is 3.07 Å². The molecule has 0 saturated carbocycles. The van der Waals surface area contributed by atoms with Crippen LogP contribution >= 0.6 is 0 Å². The molecule has 0 aromatic heterocycles. The Hall–Kier alpha value is -0.291. The van der Waals surface area contributed by atoms with E-state index in [4.69, 9.17) is 0 Å². The second-order valence-corrected chi connectivity index (χ2v) is 18.1. The van der Waals surface area contributed by atoms with Crippen molar-refractivity contribution in [2.45, 2.75) is 101 Å². The Balaban J connectivity index is 7.76. The van der Waals surface area contributed by atoms with Gasteiger partial charge in [0, 0.05) is 0 Å². The van der Waals surface area contributed by atoms with E-state index in [9.17, 15) is 39.5 Å². The van der Waals surface area contributed by atoms with Gasteiger partial charge in [0.2, 0.25) is 0 Å². The van der Waals surface area contributed by atoms with E-state index in [1.165, 1.54) is 6.92 Å². The van der Waals surface area contributed by atoms with Crippen LogP contribution in [0.2, 0.25) is 0 Å². The molecule has 1 nitrogen and oxygen atoms in total. The van der Waals surface area contributed by atoms with Gasteiger partial charge in [0.1, 0.15) is 0 Å². The summed E-state index contributed by atoms with van der Waals surface area (Å²) < 4.78 is 197. The summed E-state index contributed by atoms with van der Waals surface area (Å²) in [5.74, 6) is -20.1. The van der Waals surface area contributed by atoms with Gasteiger partial charge in [-0.1, -0.05) is 0 Å². The van der Waals surface area contributed by atoms with Gasteiger partial charge in [-0.3, -0.25) is 0 Å². The average Bonchev–Trinajstić information content (AvgIpc) is 2.69. The van der Waals surface area contributed by atoms with E-state index in [0.717, 1.165) is 0 Å².